The van der Waals surface area contributed by atoms with Crippen LogP contribution in [0.15, 0.2) is 24.5 Å². The Morgan fingerprint density at radius 1 is 1.12 bits per heavy atom. The van der Waals surface area contributed by atoms with E-state index in [4.69, 9.17) is 23.2 Å². The monoisotopic (exact) mass is 383 g/mol. The highest BCUT2D eigenvalue weighted by atomic mass is 127. The largest absolute Gasteiger partial charge is 0.322 e. The summed E-state index contributed by atoms with van der Waals surface area (Å²) in [7, 11) is 0. The minimum absolute atomic E-state index is 0.178. The van der Waals surface area contributed by atoms with Gasteiger partial charge in [0.1, 0.15) is 5.82 Å². The Kier molecular flexibility index (Phi) is 4.01. The van der Waals surface area contributed by atoms with Gasteiger partial charge in [0, 0.05) is 16.0 Å². The molecule has 0 radical (unpaired) electrons. The van der Waals surface area contributed by atoms with Crippen molar-refractivity contribution in [1.82, 2.24) is 9.97 Å². The minimum atomic E-state index is -0.492. The molecule has 3 nitrogen and oxygen atoms in total. The van der Waals surface area contributed by atoms with Crippen molar-refractivity contribution < 1.29 is 4.39 Å². The predicted molar refractivity (Wildman–Crippen MR) is 74.5 cm³/mol. The zero-order valence-corrected chi connectivity index (χ0v) is 11.9. The van der Waals surface area contributed by atoms with Crippen LogP contribution in [0.1, 0.15) is 0 Å². The van der Waals surface area contributed by atoms with Crippen LogP contribution < -0.4 is 5.32 Å². The van der Waals surface area contributed by atoms with Crippen LogP contribution in [0.3, 0.4) is 0 Å². The summed E-state index contributed by atoms with van der Waals surface area (Å²) in [6.45, 7) is 0. The summed E-state index contributed by atoms with van der Waals surface area (Å²) in [6, 6.07) is 2.34. The van der Waals surface area contributed by atoms with Gasteiger partial charge in [-0.05, 0) is 34.7 Å². The Bertz CT molecular complexity index is 525. The van der Waals surface area contributed by atoms with Gasteiger partial charge >= 0.3 is 0 Å². The van der Waals surface area contributed by atoms with Crippen LogP contribution in [0.4, 0.5) is 16.0 Å². The van der Waals surface area contributed by atoms with E-state index in [0.29, 0.717) is 11.6 Å². The predicted octanol–water partition coefficient (Wildman–Crippen LogP) is 4.27. The lowest BCUT2D eigenvalue weighted by Gasteiger charge is -2.08. The Morgan fingerprint density at radius 3 is 2.18 bits per heavy atom. The highest BCUT2D eigenvalue weighted by molar-refractivity contribution is 14.1. The molecule has 0 spiro atoms. The lowest BCUT2D eigenvalue weighted by Crippen LogP contribution is -1.98. The Balaban J connectivity index is 2.33. The van der Waals surface area contributed by atoms with E-state index in [1.165, 1.54) is 12.1 Å². The lowest BCUT2D eigenvalue weighted by atomic mass is 10.3. The van der Waals surface area contributed by atoms with Gasteiger partial charge in [0.2, 0.25) is 5.95 Å². The van der Waals surface area contributed by atoms with E-state index in [1.807, 2.05) is 0 Å². The molecule has 0 aliphatic heterocycles. The average Bonchev–Trinajstić information content (AvgIpc) is 2.26. The molecule has 0 aliphatic carbocycles. The smallest absolute Gasteiger partial charge is 0.227 e. The van der Waals surface area contributed by atoms with Crippen LogP contribution in [0.2, 0.25) is 10.0 Å². The fourth-order valence-corrected chi connectivity index (χ4v) is 1.98. The van der Waals surface area contributed by atoms with Crippen molar-refractivity contribution in [3.05, 3.63) is 44.0 Å². The molecule has 1 N–H and O–H groups in total. The number of halogens is 4. The summed E-state index contributed by atoms with van der Waals surface area (Å²) in [5.74, 6) is -0.144. The molecule has 2 aromatic rings. The van der Waals surface area contributed by atoms with Gasteiger partial charge in [-0.15, -0.1) is 0 Å². The number of aromatic nitrogens is 2. The number of nitrogens with zero attached hydrogens (tertiary/aromatic N) is 2. The molecular weight excluding hydrogens is 379 g/mol. The lowest BCUT2D eigenvalue weighted by molar-refractivity contribution is 0.628. The quantitative estimate of drug-likeness (QED) is 0.787. The Hall–Kier alpha value is -0.660. The fraction of sp³-hybridized carbons (Fsp3) is 0. The second-order valence-electron chi connectivity index (χ2n) is 3.09. The Morgan fingerprint density at radius 2 is 1.65 bits per heavy atom. The number of hydrogen-bond acceptors (Lipinski definition) is 3. The highest BCUT2D eigenvalue weighted by Gasteiger charge is 2.09. The Labute approximate surface area is 121 Å². The van der Waals surface area contributed by atoms with Gasteiger partial charge < -0.3 is 5.32 Å². The molecular formula is C10H5Cl2FIN3. The molecule has 88 valence electrons. The van der Waals surface area contributed by atoms with Crippen molar-refractivity contribution >= 4 is 57.4 Å². The number of nitrogens with one attached hydrogen (secondary N) is 1. The second kappa shape index (κ2) is 5.32. The summed E-state index contributed by atoms with van der Waals surface area (Å²) in [5, 5.41) is 3.19. The first-order valence-corrected chi connectivity index (χ1v) is 6.29. The molecule has 2 rings (SSSR count). The van der Waals surface area contributed by atoms with Crippen molar-refractivity contribution in [3.63, 3.8) is 0 Å². The number of anilines is 2. The summed E-state index contributed by atoms with van der Waals surface area (Å²) in [6.07, 6.45) is 3.28. The zero-order valence-electron chi connectivity index (χ0n) is 8.22. The summed E-state index contributed by atoms with van der Waals surface area (Å²) >= 11 is 13.8. The molecule has 1 aromatic carbocycles. The summed E-state index contributed by atoms with van der Waals surface area (Å²) in [5.41, 5.74) is 0.385. The van der Waals surface area contributed by atoms with Gasteiger partial charge in [-0.1, -0.05) is 23.2 Å². The topological polar surface area (TPSA) is 37.8 Å². The molecule has 17 heavy (non-hydrogen) atoms. The molecule has 0 fully saturated rings. The molecule has 0 unspecified atom stereocenters. The van der Waals surface area contributed by atoms with Crippen LogP contribution in [-0.2, 0) is 0 Å². The van der Waals surface area contributed by atoms with Crippen LogP contribution in [-0.4, -0.2) is 9.97 Å². The molecule has 1 heterocycles. The van der Waals surface area contributed by atoms with Crippen molar-refractivity contribution in [2.45, 2.75) is 0 Å². The highest BCUT2D eigenvalue weighted by Crippen LogP contribution is 2.32. The molecule has 0 aliphatic rings. The molecule has 0 bridgehead atoms. The van der Waals surface area contributed by atoms with Crippen molar-refractivity contribution in [3.8, 4) is 0 Å². The van der Waals surface area contributed by atoms with Gasteiger partial charge in [-0.2, -0.15) is 0 Å². The van der Waals surface area contributed by atoms with Crippen LogP contribution in [0, 0.1) is 9.39 Å². The van der Waals surface area contributed by atoms with E-state index in [9.17, 15) is 4.39 Å². The van der Waals surface area contributed by atoms with Gasteiger partial charge in [0.15, 0.2) is 0 Å². The first-order valence-electron chi connectivity index (χ1n) is 4.45. The second-order valence-corrected chi connectivity index (χ2v) is 5.15. The molecule has 0 atom stereocenters. The normalized spacial score (nSPS) is 10.4. The number of benzene rings is 1. The maximum Gasteiger partial charge on any atom is 0.227 e. The number of hydrogen-bond donors (Lipinski definition) is 1. The fourth-order valence-electron chi connectivity index (χ4n) is 1.15. The van der Waals surface area contributed by atoms with Crippen LogP contribution in [0.25, 0.3) is 0 Å². The van der Waals surface area contributed by atoms with E-state index in [0.717, 1.165) is 3.57 Å². The first-order chi connectivity index (χ1) is 8.06. The van der Waals surface area contributed by atoms with E-state index >= 15 is 0 Å². The van der Waals surface area contributed by atoms with Gasteiger partial charge in [-0.25, -0.2) is 14.4 Å². The summed E-state index contributed by atoms with van der Waals surface area (Å²) in [4.78, 5) is 8.07. The van der Waals surface area contributed by atoms with Crippen molar-refractivity contribution in [2.24, 2.45) is 0 Å². The third-order valence-electron chi connectivity index (χ3n) is 1.86. The third-order valence-corrected chi connectivity index (χ3v) is 3.02. The van der Waals surface area contributed by atoms with Crippen LogP contribution >= 0.6 is 45.8 Å². The molecule has 0 saturated carbocycles. The SMILES string of the molecule is Fc1cc(Cl)c(Nc2ncc(I)cn2)c(Cl)c1. The van der Waals surface area contributed by atoms with E-state index in [-0.39, 0.29) is 10.0 Å². The molecule has 1 aromatic heterocycles. The van der Waals surface area contributed by atoms with E-state index < -0.39 is 5.82 Å². The average molecular weight is 384 g/mol. The van der Waals surface area contributed by atoms with Crippen molar-refractivity contribution in [2.75, 3.05) is 5.32 Å². The molecule has 7 heteroatoms. The first kappa shape index (κ1) is 12.8. The van der Waals surface area contributed by atoms with E-state index in [1.54, 1.807) is 12.4 Å². The van der Waals surface area contributed by atoms with Gasteiger partial charge in [-0.3, -0.25) is 0 Å². The summed E-state index contributed by atoms with van der Waals surface area (Å²) < 4.78 is 13.9. The minimum Gasteiger partial charge on any atom is -0.322 e. The van der Waals surface area contributed by atoms with Gasteiger partial charge in [0.05, 0.1) is 15.7 Å². The van der Waals surface area contributed by atoms with Crippen LogP contribution in [0.5, 0.6) is 0 Å². The van der Waals surface area contributed by atoms with E-state index in [2.05, 4.69) is 37.9 Å². The van der Waals surface area contributed by atoms with Crippen molar-refractivity contribution in [1.29, 1.82) is 0 Å². The maximum absolute atomic E-state index is 13.0. The molecule has 0 amide bonds. The standard InChI is InChI=1S/C10H5Cl2FIN3/c11-7-1-5(13)2-8(12)9(7)17-10-15-3-6(14)4-16-10/h1-4H,(H,15,16,17). The maximum atomic E-state index is 13.0. The number of rotatable bonds is 2. The molecule has 0 saturated heterocycles. The zero-order chi connectivity index (χ0) is 12.4. The third kappa shape index (κ3) is 3.17. The van der Waals surface area contributed by atoms with Gasteiger partial charge in [0.25, 0.3) is 0 Å².